The van der Waals surface area contributed by atoms with E-state index in [0.29, 0.717) is 6.54 Å². The topological polar surface area (TPSA) is 37.4 Å². The van der Waals surface area contributed by atoms with E-state index in [1.165, 1.54) is 51.4 Å². The van der Waals surface area contributed by atoms with Crippen LogP contribution in [-0.4, -0.2) is 23.3 Å². The van der Waals surface area contributed by atoms with Crippen molar-refractivity contribution in [1.82, 2.24) is 4.90 Å². The van der Waals surface area contributed by atoms with Gasteiger partial charge in [0.25, 0.3) is 11.8 Å². The molecular weight excluding hydrogens is 286 g/mol. The average molecular weight is 319 g/mol. The number of carbonyl (C=O) groups is 2. The number of hydrogen-bond acceptors (Lipinski definition) is 2. The van der Waals surface area contributed by atoms with E-state index in [2.05, 4.69) is 6.92 Å². The summed E-state index contributed by atoms with van der Waals surface area (Å²) in [5.74, 6) is 0.0529. The van der Waals surface area contributed by atoms with Crippen molar-refractivity contribution >= 4 is 11.8 Å². The number of hydrogen-bond donors (Lipinski definition) is 0. The standard InChI is InChI=1S/C20H33NO2/c1-2-3-4-13-16-21-19(22)17-14-11-9-7-5-6-8-10-12-15-18(17)20(21)23/h2-16H2,1H3. The third-order valence-electron chi connectivity index (χ3n) is 5.21. The molecule has 0 atom stereocenters. The van der Waals surface area contributed by atoms with Gasteiger partial charge in [0.1, 0.15) is 0 Å². The molecule has 23 heavy (non-hydrogen) atoms. The van der Waals surface area contributed by atoms with E-state index < -0.39 is 0 Å². The summed E-state index contributed by atoms with van der Waals surface area (Å²) in [4.78, 5) is 26.9. The van der Waals surface area contributed by atoms with Crippen LogP contribution in [0.3, 0.4) is 0 Å². The van der Waals surface area contributed by atoms with E-state index in [1.807, 2.05) is 0 Å². The Labute approximate surface area is 141 Å². The molecule has 0 fully saturated rings. The van der Waals surface area contributed by atoms with Gasteiger partial charge in [-0.25, -0.2) is 0 Å². The molecule has 2 amide bonds. The summed E-state index contributed by atoms with van der Waals surface area (Å²) in [6.07, 6.45) is 15.7. The summed E-state index contributed by atoms with van der Waals surface area (Å²) in [6, 6.07) is 0. The van der Waals surface area contributed by atoms with Gasteiger partial charge in [-0.2, -0.15) is 0 Å². The van der Waals surface area contributed by atoms with E-state index in [0.717, 1.165) is 49.7 Å². The number of rotatable bonds is 5. The molecule has 0 unspecified atom stereocenters. The lowest BCUT2D eigenvalue weighted by Crippen LogP contribution is -2.32. The first kappa shape index (κ1) is 18.2. The quantitative estimate of drug-likeness (QED) is 0.519. The van der Waals surface area contributed by atoms with Crippen molar-refractivity contribution in [2.24, 2.45) is 0 Å². The van der Waals surface area contributed by atoms with E-state index in [9.17, 15) is 9.59 Å². The Bertz CT molecular complexity index is 405. The molecule has 130 valence electrons. The summed E-state index contributed by atoms with van der Waals surface area (Å²) in [5.41, 5.74) is 1.71. The molecule has 0 N–H and O–H groups in total. The van der Waals surface area contributed by atoms with Crippen LogP contribution in [0.2, 0.25) is 0 Å². The summed E-state index contributed by atoms with van der Waals surface area (Å²) in [5, 5.41) is 0. The highest BCUT2D eigenvalue weighted by molar-refractivity contribution is 6.19. The Morgan fingerprint density at radius 1 is 0.696 bits per heavy atom. The minimum atomic E-state index is 0.0264. The zero-order valence-electron chi connectivity index (χ0n) is 14.9. The third kappa shape index (κ3) is 5.19. The van der Waals surface area contributed by atoms with Crippen LogP contribution in [-0.2, 0) is 9.59 Å². The predicted octanol–water partition coefficient (Wildman–Crippen LogP) is 5.15. The lowest BCUT2D eigenvalue weighted by molar-refractivity contribution is -0.137. The van der Waals surface area contributed by atoms with Crippen LogP contribution in [0.5, 0.6) is 0 Å². The summed E-state index contributed by atoms with van der Waals surface area (Å²) in [6.45, 7) is 2.79. The van der Waals surface area contributed by atoms with E-state index in [4.69, 9.17) is 0 Å². The number of nitrogens with zero attached hydrogens (tertiary/aromatic N) is 1. The van der Waals surface area contributed by atoms with Crippen molar-refractivity contribution in [2.75, 3.05) is 6.54 Å². The monoisotopic (exact) mass is 319 g/mol. The minimum absolute atomic E-state index is 0.0264. The molecule has 2 aliphatic rings. The number of carbonyl (C=O) groups excluding carboxylic acids is 2. The maximum Gasteiger partial charge on any atom is 0.257 e. The van der Waals surface area contributed by atoms with Crippen molar-refractivity contribution in [3.63, 3.8) is 0 Å². The highest BCUT2D eigenvalue weighted by Gasteiger charge is 2.36. The molecule has 1 heterocycles. The molecule has 3 nitrogen and oxygen atoms in total. The van der Waals surface area contributed by atoms with E-state index >= 15 is 0 Å². The predicted molar refractivity (Wildman–Crippen MR) is 94.1 cm³/mol. The van der Waals surface area contributed by atoms with Crippen LogP contribution < -0.4 is 0 Å². The first-order valence-electron chi connectivity index (χ1n) is 9.84. The van der Waals surface area contributed by atoms with Crippen molar-refractivity contribution in [2.45, 2.75) is 96.8 Å². The zero-order chi connectivity index (χ0) is 16.5. The number of amides is 2. The number of unbranched alkanes of at least 4 members (excludes halogenated alkanes) is 3. The summed E-state index contributed by atoms with van der Waals surface area (Å²) >= 11 is 0. The molecule has 0 spiro atoms. The van der Waals surface area contributed by atoms with Gasteiger partial charge >= 0.3 is 0 Å². The first-order valence-corrected chi connectivity index (χ1v) is 9.84. The maximum atomic E-state index is 12.7. The van der Waals surface area contributed by atoms with Crippen LogP contribution in [0, 0.1) is 0 Å². The Balaban J connectivity index is 1.99. The second-order valence-corrected chi connectivity index (χ2v) is 7.11. The molecule has 0 aromatic carbocycles. The molecular formula is C20H33NO2. The molecule has 3 heteroatoms. The Kier molecular flexibility index (Phi) is 7.84. The highest BCUT2D eigenvalue weighted by atomic mass is 16.2. The fourth-order valence-corrected chi connectivity index (χ4v) is 3.76. The van der Waals surface area contributed by atoms with Crippen LogP contribution in [0.4, 0.5) is 0 Å². The van der Waals surface area contributed by atoms with Gasteiger partial charge in [0.2, 0.25) is 0 Å². The molecule has 1 aliphatic heterocycles. The average Bonchev–Trinajstić information content (AvgIpc) is 2.75. The summed E-state index contributed by atoms with van der Waals surface area (Å²) < 4.78 is 0. The van der Waals surface area contributed by atoms with Gasteiger partial charge in [-0.05, 0) is 32.1 Å². The van der Waals surface area contributed by atoms with Crippen molar-refractivity contribution in [3.05, 3.63) is 11.1 Å². The van der Waals surface area contributed by atoms with Gasteiger partial charge in [0.15, 0.2) is 0 Å². The van der Waals surface area contributed by atoms with Crippen molar-refractivity contribution in [3.8, 4) is 0 Å². The first-order chi connectivity index (χ1) is 11.3. The molecule has 0 aromatic heterocycles. The lowest BCUT2D eigenvalue weighted by Gasteiger charge is -2.15. The largest absolute Gasteiger partial charge is 0.275 e. The third-order valence-corrected chi connectivity index (χ3v) is 5.21. The lowest BCUT2D eigenvalue weighted by atomic mass is 9.96. The minimum Gasteiger partial charge on any atom is -0.275 e. The van der Waals surface area contributed by atoms with Gasteiger partial charge in [-0.3, -0.25) is 14.5 Å². The SMILES string of the molecule is CCCCCCN1C(=O)C2=C(CCCCCCCCCC2)C1=O. The second-order valence-electron chi connectivity index (χ2n) is 7.11. The molecule has 0 bridgehead atoms. The van der Waals surface area contributed by atoms with Crippen LogP contribution in [0.25, 0.3) is 0 Å². The van der Waals surface area contributed by atoms with Crippen LogP contribution in [0.15, 0.2) is 11.1 Å². The van der Waals surface area contributed by atoms with Gasteiger partial charge in [-0.15, -0.1) is 0 Å². The fraction of sp³-hybridized carbons (Fsp3) is 0.800. The van der Waals surface area contributed by atoms with Crippen LogP contribution in [0.1, 0.15) is 96.8 Å². The normalized spacial score (nSPS) is 21.2. The second kappa shape index (κ2) is 9.89. The molecule has 0 aromatic rings. The Morgan fingerprint density at radius 3 is 1.65 bits per heavy atom. The van der Waals surface area contributed by atoms with Gasteiger partial charge in [0.05, 0.1) is 0 Å². The van der Waals surface area contributed by atoms with Gasteiger partial charge in [0, 0.05) is 17.7 Å². The van der Waals surface area contributed by atoms with E-state index in [1.54, 1.807) is 4.90 Å². The van der Waals surface area contributed by atoms with E-state index in [-0.39, 0.29) is 11.8 Å². The molecule has 0 saturated carbocycles. The van der Waals surface area contributed by atoms with Gasteiger partial charge < -0.3 is 0 Å². The zero-order valence-corrected chi connectivity index (χ0v) is 14.9. The van der Waals surface area contributed by atoms with Crippen molar-refractivity contribution in [1.29, 1.82) is 0 Å². The Hall–Kier alpha value is -1.12. The fourth-order valence-electron chi connectivity index (χ4n) is 3.76. The van der Waals surface area contributed by atoms with Crippen molar-refractivity contribution < 1.29 is 9.59 Å². The smallest absolute Gasteiger partial charge is 0.257 e. The molecule has 1 aliphatic carbocycles. The molecule has 0 saturated heterocycles. The van der Waals surface area contributed by atoms with Gasteiger partial charge in [-0.1, -0.05) is 64.7 Å². The maximum absolute atomic E-state index is 12.7. The molecule has 0 radical (unpaired) electrons. The molecule has 2 rings (SSSR count). The summed E-state index contributed by atoms with van der Waals surface area (Å²) in [7, 11) is 0. The number of imide groups is 1. The van der Waals surface area contributed by atoms with Crippen LogP contribution >= 0.6 is 0 Å². The highest BCUT2D eigenvalue weighted by Crippen LogP contribution is 2.30. The Morgan fingerprint density at radius 2 is 1.17 bits per heavy atom.